The zero-order chi connectivity index (χ0) is 34.6. The maximum Gasteiger partial charge on any atom is 0.329 e. The molecule has 5 N–H and O–H groups in total. The van der Waals surface area contributed by atoms with Gasteiger partial charge in [-0.15, -0.1) is 23.2 Å². The quantitative estimate of drug-likeness (QED) is 0.138. The predicted octanol–water partition coefficient (Wildman–Crippen LogP) is 3.35. The third kappa shape index (κ3) is 10.5. The second kappa shape index (κ2) is 15.5. The largest absolute Gasteiger partial charge is 0.458 e. The van der Waals surface area contributed by atoms with Crippen molar-refractivity contribution in [3.05, 3.63) is 0 Å². The van der Waals surface area contributed by atoms with Crippen molar-refractivity contribution >= 4 is 58.7 Å². The average Bonchev–Trinajstić information content (AvgIpc) is 3.65. The number of Topliss-reactive ketones (excluding diaryl/α,β-unsaturated/α-hetero) is 1. The van der Waals surface area contributed by atoms with Gasteiger partial charge in [-0.05, 0) is 63.7 Å². The molecular weight excluding hydrogens is 637 g/mol. The number of esters is 1. The molecule has 1 saturated heterocycles. The monoisotopic (exact) mass is 687 g/mol. The molecule has 1 heterocycles. The maximum atomic E-state index is 14.4. The highest BCUT2D eigenvalue weighted by Gasteiger charge is 2.48. The van der Waals surface area contributed by atoms with E-state index in [4.69, 9.17) is 33.7 Å². The Hall–Kier alpha value is -2.60. The molecule has 0 aromatic carbocycles. The van der Waals surface area contributed by atoms with Crippen LogP contribution < -0.4 is 21.7 Å². The minimum atomic E-state index is -1.15. The molecule has 12 nitrogen and oxygen atoms in total. The van der Waals surface area contributed by atoms with Crippen LogP contribution in [0, 0.1) is 23.2 Å². The van der Waals surface area contributed by atoms with Crippen LogP contribution in [0.25, 0.3) is 0 Å². The number of carbonyl (C=O) groups excluding carboxylic acids is 6. The van der Waals surface area contributed by atoms with Gasteiger partial charge in [0.05, 0.1) is 6.04 Å². The lowest BCUT2D eigenvalue weighted by Gasteiger charge is -2.37. The number of ether oxygens (including phenoxy) is 1. The first-order valence-corrected chi connectivity index (χ1v) is 17.2. The number of rotatable bonds is 12. The first kappa shape index (κ1) is 37.9. The lowest BCUT2D eigenvalue weighted by atomic mass is 9.83. The zero-order valence-electron chi connectivity index (χ0n) is 27.8. The number of primary amides is 1. The molecule has 0 aromatic heterocycles. The Labute approximate surface area is 281 Å². The van der Waals surface area contributed by atoms with Gasteiger partial charge in [0.2, 0.25) is 17.6 Å². The molecule has 3 aliphatic rings. The molecule has 2 saturated carbocycles. The molecule has 3 fully saturated rings. The molecule has 2 aliphatic carbocycles. The summed E-state index contributed by atoms with van der Waals surface area (Å²) in [6.07, 6.45) is 6.44. The molecular formula is C32H51Cl2N5O7. The van der Waals surface area contributed by atoms with Crippen molar-refractivity contribution in [3.8, 4) is 0 Å². The molecule has 14 heteroatoms. The number of nitrogens with two attached hydrogens (primary N) is 1. The summed E-state index contributed by atoms with van der Waals surface area (Å²) >= 11 is 12.6. The van der Waals surface area contributed by atoms with E-state index in [0.29, 0.717) is 19.3 Å². The Balaban J connectivity index is 1.87. The van der Waals surface area contributed by atoms with E-state index in [1.54, 1.807) is 41.5 Å². The molecule has 1 aliphatic heterocycles. The summed E-state index contributed by atoms with van der Waals surface area (Å²) in [4.78, 5) is 79.5. The molecule has 2 unspecified atom stereocenters. The number of nitrogens with zero attached hydrogens (tertiary/aromatic N) is 1. The van der Waals surface area contributed by atoms with Gasteiger partial charge >= 0.3 is 12.0 Å². The number of urea groups is 1. The van der Waals surface area contributed by atoms with E-state index >= 15 is 0 Å². The number of halogens is 2. The van der Waals surface area contributed by atoms with E-state index in [-0.39, 0.29) is 24.8 Å². The van der Waals surface area contributed by atoms with Crippen molar-refractivity contribution in [1.82, 2.24) is 20.9 Å². The van der Waals surface area contributed by atoms with Crippen LogP contribution in [0.4, 0.5) is 4.79 Å². The highest BCUT2D eigenvalue weighted by atomic mass is 35.5. The van der Waals surface area contributed by atoms with Crippen molar-refractivity contribution in [2.75, 3.05) is 6.54 Å². The standard InChI is InChI=1S/C32H51Cl2N5O7/c1-31(2,3)24(29(44)46-32(4,5)6)38-30(45)37-21(18-10-8-7-9-11-18)28(43)39-15-14-19(25(33)34)22(39)27(42)36-20(16-17-12-13-17)23(40)26(35)41/h17-22,24-25H,7-16H2,1-6H3,(H2,35,41)(H,36,42)(H2,37,38,45)/t19?,20?,21-,22-,24+/m0/s1. The normalized spacial score (nSPS) is 22.8. The van der Waals surface area contributed by atoms with Crippen LogP contribution in [-0.2, 0) is 28.7 Å². The summed E-state index contributed by atoms with van der Waals surface area (Å²) in [5.41, 5.74) is 3.79. The molecule has 3 rings (SSSR count). The number of hydrogen-bond acceptors (Lipinski definition) is 7. The number of alkyl halides is 2. The van der Waals surface area contributed by atoms with Gasteiger partial charge < -0.3 is 31.3 Å². The lowest BCUT2D eigenvalue weighted by molar-refractivity contribution is -0.160. The molecule has 5 atom stereocenters. The predicted molar refractivity (Wildman–Crippen MR) is 174 cm³/mol. The Kier molecular flexibility index (Phi) is 12.8. The summed E-state index contributed by atoms with van der Waals surface area (Å²) in [5, 5.41) is 8.23. The van der Waals surface area contributed by atoms with Gasteiger partial charge in [0, 0.05) is 12.5 Å². The van der Waals surface area contributed by atoms with Crippen LogP contribution in [0.15, 0.2) is 0 Å². The second-order valence-corrected chi connectivity index (χ2v) is 16.2. The number of nitrogens with one attached hydrogen (secondary N) is 3. The SMILES string of the molecule is CC(C)(C)OC(=O)[C@@H](NC(=O)N[C@H](C(=O)N1CCC(C(Cl)Cl)[C@H]1C(=O)NC(CC1CC1)C(=O)C(N)=O)C1CCCCC1)C(C)(C)C. The minimum absolute atomic E-state index is 0.142. The maximum absolute atomic E-state index is 14.4. The van der Waals surface area contributed by atoms with Crippen molar-refractivity contribution < 1.29 is 33.5 Å². The lowest BCUT2D eigenvalue weighted by Crippen LogP contribution is -2.61. The van der Waals surface area contributed by atoms with Crippen LogP contribution in [-0.4, -0.2) is 81.6 Å². The van der Waals surface area contributed by atoms with Gasteiger partial charge in [0.15, 0.2) is 0 Å². The van der Waals surface area contributed by atoms with Crippen LogP contribution >= 0.6 is 23.2 Å². The smallest absolute Gasteiger partial charge is 0.329 e. The second-order valence-electron chi connectivity index (χ2n) is 15.1. The Morgan fingerprint density at radius 2 is 1.48 bits per heavy atom. The molecule has 0 radical (unpaired) electrons. The fourth-order valence-electron chi connectivity index (χ4n) is 6.34. The molecule has 260 valence electrons. The van der Waals surface area contributed by atoms with Crippen LogP contribution in [0.5, 0.6) is 0 Å². The molecule has 0 aromatic rings. The average molecular weight is 689 g/mol. The van der Waals surface area contributed by atoms with Crippen LogP contribution in [0.3, 0.4) is 0 Å². The first-order valence-electron chi connectivity index (χ1n) is 16.3. The number of hydrogen-bond donors (Lipinski definition) is 4. The van der Waals surface area contributed by atoms with E-state index in [1.165, 1.54) is 4.90 Å². The summed E-state index contributed by atoms with van der Waals surface area (Å²) in [7, 11) is 0. The van der Waals surface area contributed by atoms with Gasteiger partial charge in [-0.25, -0.2) is 9.59 Å². The summed E-state index contributed by atoms with van der Waals surface area (Å²) < 4.78 is 5.56. The Bertz CT molecular complexity index is 1160. The van der Waals surface area contributed by atoms with Crippen molar-refractivity contribution in [3.63, 3.8) is 0 Å². The number of likely N-dealkylation sites (tertiary alicyclic amines) is 1. The Morgan fingerprint density at radius 1 is 0.870 bits per heavy atom. The van der Waals surface area contributed by atoms with Crippen molar-refractivity contribution in [1.29, 1.82) is 0 Å². The molecule has 46 heavy (non-hydrogen) atoms. The summed E-state index contributed by atoms with van der Waals surface area (Å²) in [6.45, 7) is 10.8. The number of amides is 5. The number of carbonyl (C=O) groups is 6. The van der Waals surface area contributed by atoms with Gasteiger partial charge in [-0.1, -0.05) is 52.9 Å². The Morgan fingerprint density at radius 3 is 1.98 bits per heavy atom. The van der Waals surface area contributed by atoms with Crippen LogP contribution in [0.1, 0.15) is 99.3 Å². The van der Waals surface area contributed by atoms with Gasteiger partial charge in [0.25, 0.3) is 5.91 Å². The molecule has 0 spiro atoms. The summed E-state index contributed by atoms with van der Waals surface area (Å²) in [6, 6.07) is -5.00. The summed E-state index contributed by atoms with van der Waals surface area (Å²) in [5.74, 6) is -4.48. The third-order valence-corrected chi connectivity index (χ3v) is 9.57. The highest BCUT2D eigenvalue weighted by Crippen LogP contribution is 2.36. The fourth-order valence-corrected chi connectivity index (χ4v) is 6.87. The van der Waals surface area contributed by atoms with E-state index in [0.717, 1.165) is 32.1 Å². The minimum Gasteiger partial charge on any atom is -0.458 e. The van der Waals surface area contributed by atoms with E-state index < -0.39 is 81.4 Å². The first-order chi connectivity index (χ1) is 21.3. The molecule has 0 bridgehead atoms. The van der Waals surface area contributed by atoms with Gasteiger partial charge in [0.1, 0.15) is 28.6 Å². The molecule has 5 amide bonds. The van der Waals surface area contributed by atoms with E-state index in [2.05, 4.69) is 16.0 Å². The van der Waals surface area contributed by atoms with Gasteiger partial charge in [-0.3, -0.25) is 19.2 Å². The zero-order valence-corrected chi connectivity index (χ0v) is 29.3. The van der Waals surface area contributed by atoms with Crippen molar-refractivity contribution in [2.24, 2.45) is 28.9 Å². The third-order valence-electron chi connectivity index (χ3n) is 8.92. The van der Waals surface area contributed by atoms with E-state index in [9.17, 15) is 28.8 Å². The van der Waals surface area contributed by atoms with E-state index in [1.807, 2.05) is 0 Å². The van der Waals surface area contributed by atoms with Crippen molar-refractivity contribution in [2.45, 2.75) is 134 Å². The fraction of sp³-hybridized carbons (Fsp3) is 0.812. The van der Waals surface area contributed by atoms with Crippen LogP contribution in [0.2, 0.25) is 0 Å². The highest BCUT2D eigenvalue weighted by molar-refractivity contribution is 6.44. The topological polar surface area (TPSA) is 177 Å². The van der Waals surface area contributed by atoms with Gasteiger partial charge in [-0.2, -0.15) is 0 Å². The number of ketones is 1.